The van der Waals surface area contributed by atoms with Crippen LogP contribution in [0, 0.1) is 5.41 Å². The number of aromatic nitrogens is 2. The standard InChI is InChI=1S/C5H7N3/c1-8-3-2-5(6)4-7-8/h2-4,6H,1H3. The molecule has 0 aliphatic heterocycles. The van der Waals surface area contributed by atoms with E-state index in [0.29, 0.717) is 5.36 Å². The van der Waals surface area contributed by atoms with E-state index in [0.717, 1.165) is 0 Å². The maximum atomic E-state index is 7.02. The van der Waals surface area contributed by atoms with Crippen molar-refractivity contribution in [1.29, 1.82) is 5.41 Å². The molecule has 0 saturated heterocycles. The van der Waals surface area contributed by atoms with Crippen molar-refractivity contribution >= 4 is 0 Å². The molecule has 1 aromatic rings. The SMILES string of the molecule is Cn1ccc(=N)cn1. The Kier molecular flexibility index (Phi) is 1.12. The summed E-state index contributed by atoms with van der Waals surface area (Å²) >= 11 is 0. The monoisotopic (exact) mass is 109 g/mol. The zero-order valence-electron chi connectivity index (χ0n) is 4.63. The molecule has 0 fully saturated rings. The maximum Gasteiger partial charge on any atom is 0.0755 e. The minimum Gasteiger partial charge on any atom is -0.299 e. The van der Waals surface area contributed by atoms with Gasteiger partial charge in [-0.15, -0.1) is 0 Å². The van der Waals surface area contributed by atoms with Crippen LogP contribution in [0.5, 0.6) is 0 Å². The molecule has 0 saturated carbocycles. The smallest absolute Gasteiger partial charge is 0.0755 e. The molecule has 0 bridgehead atoms. The van der Waals surface area contributed by atoms with Crippen LogP contribution in [0.3, 0.4) is 0 Å². The lowest BCUT2D eigenvalue weighted by Gasteiger charge is -1.89. The highest BCUT2D eigenvalue weighted by Crippen LogP contribution is 1.66. The Labute approximate surface area is 47.1 Å². The fourth-order valence-corrected chi connectivity index (χ4v) is 0.423. The third-order valence-electron chi connectivity index (χ3n) is 0.849. The van der Waals surface area contributed by atoms with Gasteiger partial charge in [-0.1, -0.05) is 0 Å². The Morgan fingerprint density at radius 1 is 1.75 bits per heavy atom. The predicted octanol–water partition coefficient (Wildman–Crippen LogP) is -0.100. The van der Waals surface area contributed by atoms with Gasteiger partial charge in [0.15, 0.2) is 0 Å². The number of nitrogens with one attached hydrogen (secondary N) is 1. The molecular formula is C5H7N3. The van der Waals surface area contributed by atoms with E-state index >= 15 is 0 Å². The molecule has 3 heteroatoms. The lowest BCUT2D eigenvalue weighted by Crippen LogP contribution is -2.04. The average Bonchev–Trinajstić information content (AvgIpc) is 1.77. The fourth-order valence-electron chi connectivity index (χ4n) is 0.423. The second kappa shape index (κ2) is 1.78. The van der Waals surface area contributed by atoms with Crippen LogP contribution in [0.25, 0.3) is 0 Å². The molecule has 1 aromatic heterocycles. The van der Waals surface area contributed by atoms with Gasteiger partial charge in [-0.05, 0) is 6.07 Å². The van der Waals surface area contributed by atoms with Crippen LogP contribution in [0.4, 0.5) is 0 Å². The van der Waals surface area contributed by atoms with Crippen molar-refractivity contribution < 1.29 is 0 Å². The van der Waals surface area contributed by atoms with E-state index in [2.05, 4.69) is 5.10 Å². The van der Waals surface area contributed by atoms with Gasteiger partial charge >= 0.3 is 0 Å². The largest absolute Gasteiger partial charge is 0.299 e. The summed E-state index contributed by atoms with van der Waals surface area (Å²) in [6.07, 6.45) is 3.24. The molecule has 1 heterocycles. The first kappa shape index (κ1) is 5.03. The molecule has 0 spiro atoms. The summed E-state index contributed by atoms with van der Waals surface area (Å²) in [6, 6.07) is 1.69. The Bertz CT molecular complexity index is 205. The van der Waals surface area contributed by atoms with Crippen LogP contribution >= 0.6 is 0 Å². The first-order valence-corrected chi connectivity index (χ1v) is 2.32. The molecule has 1 rings (SSSR count). The Balaban J connectivity index is 3.22. The van der Waals surface area contributed by atoms with Gasteiger partial charge in [0.05, 0.1) is 11.6 Å². The number of nitrogens with zero attached hydrogens (tertiary/aromatic N) is 2. The van der Waals surface area contributed by atoms with Crippen LogP contribution in [0.15, 0.2) is 18.5 Å². The average molecular weight is 109 g/mol. The van der Waals surface area contributed by atoms with Crippen LogP contribution < -0.4 is 5.36 Å². The molecule has 0 radical (unpaired) electrons. The van der Waals surface area contributed by atoms with Gasteiger partial charge in [0.1, 0.15) is 0 Å². The zero-order valence-corrected chi connectivity index (χ0v) is 4.63. The van der Waals surface area contributed by atoms with Gasteiger partial charge < -0.3 is 0 Å². The summed E-state index contributed by atoms with van der Waals surface area (Å²) in [5.41, 5.74) is 0. The van der Waals surface area contributed by atoms with E-state index in [-0.39, 0.29) is 0 Å². The van der Waals surface area contributed by atoms with Crippen molar-refractivity contribution in [1.82, 2.24) is 9.78 Å². The van der Waals surface area contributed by atoms with E-state index in [1.165, 1.54) is 6.20 Å². The topological polar surface area (TPSA) is 41.7 Å². The molecule has 0 aromatic carbocycles. The summed E-state index contributed by atoms with van der Waals surface area (Å²) in [6.45, 7) is 0. The second-order valence-corrected chi connectivity index (χ2v) is 1.59. The van der Waals surface area contributed by atoms with E-state index < -0.39 is 0 Å². The number of aryl methyl sites for hydroxylation is 1. The lowest BCUT2D eigenvalue weighted by atomic mass is 10.6. The molecule has 1 N–H and O–H groups in total. The molecule has 0 aliphatic carbocycles. The number of hydrogen-bond acceptors (Lipinski definition) is 2. The first-order valence-electron chi connectivity index (χ1n) is 2.32. The zero-order chi connectivity index (χ0) is 5.98. The highest BCUT2D eigenvalue weighted by molar-refractivity contribution is 4.80. The van der Waals surface area contributed by atoms with Crippen LogP contribution in [0.1, 0.15) is 0 Å². The van der Waals surface area contributed by atoms with Gasteiger partial charge in [-0.25, -0.2) is 0 Å². The van der Waals surface area contributed by atoms with Crippen LogP contribution in [0.2, 0.25) is 0 Å². The Hall–Kier alpha value is -1.12. The van der Waals surface area contributed by atoms with Gasteiger partial charge in [-0.3, -0.25) is 10.1 Å². The summed E-state index contributed by atoms with van der Waals surface area (Å²) in [5.74, 6) is 0. The van der Waals surface area contributed by atoms with Gasteiger partial charge in [0.25, 0.3) is 0 Å². The fraction of sp³-hybridized carbons (Fsp3) is 0.200. The number of hydrogen-bond donors (Lipinski definition) is 1. The quantitative estimate of drug-likeness (QED) is 0.496. The molecule has 0 unspecified atom stereocenters. The van der Waals surface area contributed by atoms with Crippen molar-refractivity contribution in [3.8, 4) is 0 Å². The summed E-state index contributed by atoms with van der Waals surface area (Å²) in [7, 11) is 1.82. The van der Waals surface area contributed by atoms with Crippen molar-refractivity contribution in [2.45, 2.75) is 0 Å². The van der Waals surface area contributed by atoms with Crippen molar-refractivity contribution in [3.63, 3.8) is 0 Å². The van der Waals surface area contributed by atoms with E-state index in [9.17, 15) is 0 Å². The summed E-state index contributed by atoms with van der Waals surface area (Å²) in [4.78, 5) is 0. The highest BCUT2D eigenvalue weighted by Gasteiger charge is 1.74. The summed E-state index contributed by atoms with van der Waals surface area (Å²) in [5, 5.41) is 11.3. The van der Waals surface area contributed by atoms with Gasteiger partial charge in [0, 0.05) is 13.2 Å². The van der Waals surface area contributed by atoms with Crippen LogP contribution in [-0.4, -0.2) is 9.78 Å². The maximum absolute atomic E-state index is 7.02. The van der Waals surface area contributed by atoms with Crippen molar-refractivity contribution in [2.24, 2.45) is 7.05 Å². The second-order valence-electron chi connectivity index (χ2n) is 1.59. The lowest BCUT2D eigenvalue weighted by molar-refractivity contribution is 0.730. The molecule has 8 heavy (non-hydrogen) atoms. The Morgan fingerprint density at radius 2 is 2.50 bits per heavy atom. The third-order valence-corrected chi connectivity index (χ3v) is 0.849. The molecular weight excluding hydrogens is 102 g/mol. The van der Waals surface area contributed by atoms with Crippen molar-refractivity contribution in [2.75, 3.05) is 0 Å². The van der Waals surface area contributed by atoms with Gasteiger partial charge in [-0.2, -0.15) is 5.10 Å². The molecule has 0 amide bonds. The first-order chi connectivity index (χ1) is 3.79. The van der Waals surface area contributed by atoms with Crippen LogP contribution in [-0.2, 0) is 7.05 Å². The minimum atomic E-state index is 0.447. The normalized spacial score (nSPS) is 9.12. The van der Waals surface area contributed by atoms with Gasteiger partial charge in [0.2, 0.25) is 0 Å². The summed E-state index contributed by atoms with van der Waals surface area (Å²) < 4.78 is 1.65. The highest BCUT2D eigenvalue weighted by atomic mass is 15.2. The molecule has 42 valence electrons. The molecule has 0 atom stereocenters. The Morgan fingerprint density at radius 3 is 2.88 bits per heavy atom. The molecule has 3 nitrogen and oxygen atoms in total. The predicted molar refractivity (Wildman–Crippen MR) is 29.1 cm³/mol. The minimum absolute atomic E-state index is 0.447. The number of rotatable bonds is 0. The van der Waals surface area contributed by atoms with E-state index in [1.807, 2.05) is 7.05 Å². The third kappa shape index (κ3) is 0.932. The van der Waals surface area contributed by atoms with E-state index in [1.54, 1.807) is 16.9 Å². The molecule has 0 aliphatic rings. The van der Waals surface area contributed by atoms with Crippen molar-refractivity contribution in [3.05, 3.63) is 23.8 Å². The van der Waals surface area contributed by atoms with E-state index in [4.69, 9.17) is 5.41 Å².